The fraction of sp³-hybridized carbons (Fsp3) is 0.667. The maximum Gasteiger partial charge on any atom is 0.255 e. The van der Waals surface area contributed by atoms with E-state index in [1.54, 1.807) is 12.4 Å². The van der Waals surface area contributed by atoms with Crippen molar-refractivity contribution in [2.24, 2.45) is 0 Å². The van der Waals surface area contributed by atoms with E-state index in [9.17, 15) is 4.79 Å². The molecule has 2 fully saturated rings. The summed E-state index contributed by atoms with van der Waals surface area (Å²) >= 11 is 0. The van der Waals surface area contributed by atoms with E-state index < -0.39 is 0 Å². The molecule has 0 radical (unpaired) electrons. The van der Waals surface area contributed by atoms with Crippen LogP contribution < -0.4 is 5.32 Å². The van der Waals surface area contributed by atoms with E-state index in [0.29, 0.717) is 17.6 Å². The third-order valence-electron chi connectivity index (χ3n) is 4.97. The average Bonchev–Trinajstić information content (AvgIpc) is 2.95. The minimum atomic E-state index is 0.0920. The average molecular weight is 332 g/mol. The molecule has 0 aliphatic carbocycles. The number of carbonyl (C=O) groups excluding carboxylic acids is 1. The molecular weight excluding hydrogens is 304 g/mol. The van der Waals surface area contributed by atoms with Crippen LogP contribution in [0.25, 0.3) is 0 Å². The van der Waals surface area contributed by atoms with Crippen molar-refractivity contribution in [3.8, 4) is 0 Å². The number of rotatable bonds is 5. The highest BCUT2D eigenvalue weighted by molar-refractivity contribution is 5.93. The van der Waals surface area contributed by atoms with E-state index in [0.717, 1.165) is 45.6 Å². The molecule has 3 heterocycles. The van der Waals surface area contributed by atoms with Crippen molar-refractivity contribution in [1.82, 2.24) is 20.1 Å². The van der Waals surface area contributed by atoms with Gasteiger partial charge in [-0.1, -0.05) is 0 Å². The molecule has 6 nitrogen and oxygen atoms in total. The predicted octanol–water partition coefficient (Wildman–Crippen LogP) is 0.995. The van der Waals surface area contributed by atoms with Crippen LogP contribution in [0.5, 0.6) is 0 Å². The third kappa shape index (κ3) is 4.12. The predicted molar refractivity (Wildman–Crippen MR) is 93.0 cm³/mol. The lowest BCUT2D eigenvalue weighted by Crippen LogP contribution is -2.51. The molecule has 0 spiro atoms. The number of pyridine rings is 1. The summed E-state index contributed by atoms with van der Waals surface area (Å²) in [4.78, 5) is 20.8. The van der Waals surface area contributed by atoms with Gasteiger partial charge >= 0.3 is 0 Å². The smallest absolute Gasteiger partial charge is 0.255 e. The molecule has 24 heavy (non-hydrogen) atoms. The summed E-state index contributed by atoms with van der Waals surface area (Å²) in [6.07, 6.45) is 5.60. The molecule has 0 bridgehead atoms. The number of amides is 1. The van der Waals surface area contributed by atoms with Gasteiger partial charge in [-0.2, -0.15) is 0 Å². The Bertz CT molecular complexity index is 531. The highest BCUT2D eigenvalue weighted by Crippen LogP contribution is 2.18. The van der Waals surface area contributed by atoms with Gasteiger partial charge in [0.25, 0.3) is 5.91 Å². The van der Waals surface area contributed by atoms with Gasteiger partial charge in [0.1, 0.15) is 0 Å². The molecule has 0 saturated carbocycles. The minimum absolute atomic E-state index is 0.0920. The Hall–Kier alpha value is -1.50. The fourth-order valence-electron chi connectivity index (χ4n) is 3.73. The first kappa shape index (κ1) is 17.3. The van der Waals surface area contributed by atoms with Crippen LogP contribution in [-0.2, 0) is 4.74 Å². The molecule has 132 valence electrons. The topological polar surface area (TPSA) is 57.7 Å². The first-order valence-corrected chi connectivity index (χ1v) is 8.93. The standard InChI is InChI=1S/C18H28N4O2/c1-3-24-17-13-21(2)12-16(17)20-15-6-9-22(10-7-15)18(23)14-5-4-8-19-11-14/h4-5,8,11,15-17,20H,3,6-7,9-10,12-13H2,1-2H3/t16-,17-/m0/s1. The van der Waals surface area contributed by atoms with Gasteiger partial charge in [0.2, 0.25) is 0 Å². The number of likely N-dealkylation sites (tertiary alicyclic amines) is 2. The summed E-state index contributed by atoms with van der Waals surface area (Å²) in [5.74, 6) is 0.0920. The lowest BCUT2D eigenvalue weighted by molar-refractivity contribution is 0.0475. The summed E-state index contributed by atoms with van der Waals surface area (Å²) in [6.45, 7) is 6.43. The third-order valence-corrected chi connectivity index (χ3v) is 4.97. The van der Waals surface area contributed by atoms with E-state index in [2.05, 4.69) is 29.2 Å². The number of aromatic nitrogens is 1. The van der Waals surface area contributed by atoms with E-state index >= 15 is 0 Å². The highest BCUT2D eigenvalue weighted by atomic mass is 16.5. The summed E-state index contributed by atoms with van der Waals surface area (Å²) < 4.78 is 5.87. The molecule has 2 atom stereocenters. The molecule has 1 aromatic rings. The van der Waals surface area contributed by atoms with Crippen LogP contribution in [0.15, 0.2) is 24.5 Å². The van der Waals surface area contributed by atoms with Crippen molar-refractivity contribution in [3.63, 3.8) is 0 Å². The molecule has 6 heteroatoms. The Balaban J connectivity index is 1.49. The van der Waals surface area contributed by atoms with Gasteiger partial charge < -0.3 is 19.9 Å². The second kappa shape index (κ2) is 8.05. The van der Waals surface area contributed by atoms with Gasteiger partial charge in [-0.15, -0.1) is 0 Å². The van der Waals surface area contributed by atoms with Crippen LogP contribution in [0.4, 0.5) is 0 Å². The molecule has 1 aromatic heterocycles. The van der Waals surface area contributed by atoms with Gasteiger partial charge in [-0.3, -0.25) is 9.78 Å². The Kier molecular flexibility index (Phi) is 5.81. The quantitative estimate of drug-likeness (QED) is 0.872. The van der Waals surface area contributed by atoms with E-state index in [4.69, 9.17) is 4.74 Å². The van der Waals surface area contributed by atoms with Gasteiger partial charge in [0.15, 0.2) is 0 Å². The minimum Gasteiger partial charge on any atom is -0.375 e. The van der Waals surface area contributed by atoms with Crippen LogP contribution in [0.1, 0.15) is 30.1 Å². The van der Waals surface area contributed by atoms with Crippen LogP contribution in [-0.4, -0.2) is 78.7 Å². The second-order valence-corrected chi connectivity index (χ2v) is 6.80. The van der Waals surface area contributed by atoms with Gasteiger partial charge in [0.05, 0.1) is 11.7 Å². The molecule has 0 unspecified atom stereocenters. The molecule has 1 N–H and O–H groups in total. The van der Waals surface area contributed by atoms with Crippen molar-refractivity contribution in [2.75, 3.05) is 39.8 Å². The molecule has 1 amide bonds. The largest absolute Gasteiger partial charge is 0.375 e. The van der Waals surface area contributed by atoms with Crippen LogP contribution in [0.3, 0.4) is 0 Å². The Morgan fingerprint density at radius 3 is 2.83 bits per heavy atom. The van der Waals surface area contributed by atoms with Crippen molar-refractivity contribution >= 4 is 5.91 Å². The summed E-state index contributed by atoms with van der Waals surface area (Å²) in [5.41, 5.74) is 0.678. The zero-order valence-electron chi connectivity index (χ0n) is 14.6. The number of hydrogen-bond donors (Lipinski definition) is 1. The van der Waals surface area contributed by atoms with Gasteiger partial charge in [0, 0.05) is 57.3 Å². The second-order valence-electron chi connectivity index (χ2n) is 6.80. The van der Waals surface area contributed by atoms with Crippen molar-refractivity contribution in [1.29, 1.82) is 0 Å². The monoisotopic (exact) mass is 332 g/mol. The van der Waals surface area contributed by atoms with Crippen LogP contribution in [0, 0.1) is 0 Å². The summed E-state index contributed by atoms with van der Waals surface area (Å²) in [7, 11) is 2.14. The maximum absolute atomic E-state index is 12.5. The lowest BCUT2D eigenvalue weighted by Gasteiger charge is -2.34. The number of likely N-dealkylation sites (N-methyl/N-ethyl adjacent to an activating group) is 1. The number of carbonyl (C=O) groups is 1. The lowest BCUT2D eigenvalue weighted by atomic mass is 10.0. The molecule has 2 aliphatic heterocycles. The highest BCUT2D eigenvalue weighted by Gasteiger charge is 2.34. The van der Waals surface area contributed by atoms with Crippen LogP contribution in [0.2, 0.25) is 0 Å². The first-order valence-electron chi connectivity index (χ1n) is 8.93. The number of nitrogens with one attached hydrogen (secondary N) is 1. The number of ether oxygens (including phenoxy) is 1. The SMILES string of the molecule is CCO[C@H]1CN(C)C[C@@H]1NC1CCN(C(=O)c2cccnc2)CC1. The Morgan fingerprint density at radius 1 is 1.38 bits per heavy atom. The number of hydrogen-bond acceptors (Lipinski definition) is 5. The first-order chi connectivity index (χ1) is 11.7. The molecule has 2 aliphatic rings. The van der Waals surface area contributed by atoms with E-state index in [1.165, 1.54) is 0 Å². The van der Waals surface area contributed by atoms with Crippen LogP contribution >= 0.6 is 0 Å². The van der Waals surface area contributed by atoms with Crippen molar-refractivity contribution < 1.29 is 9.53 Å². The molecular formula is C18H28N4O2. The Morgan fingerprint density at radius 2 is 2.17 bits per heavy atom. The van der Waals surface area contributed by atoms with Crippen molar-refractivity contribution in [3.05, 3.63) is 30.1 Å². The number of piperidine rings is 1. The fourth-order valence-corrected chi connectivity index (χ4v) is 3.73. The molecule has 2 saturated heterocycles. The van der Waals surface area contributed by atoms with Gasteiger partial charge in [-0.25, -0.2) is 0 Å². The van der Waals surface area contributed by atoms with E-state index in [-0.39, 0.29) is 12.0 Å². The normalized spacial score (nSPS) is 26.0. The maximum atomic E-state index is 12.5. The van der Waals surface area contributed by atoms with E-state index in [1.807, 2.05) is 17.0 Å². The summed E-state index contributed by atoms with van der Waals surface area (Å²) in [5, 5.41) is 3.77. The number of nitrogens with zero attached hydrogens (tertiary/aromatic N) is 3. The van der Waals surface area contributed by atoms with Crippen molar-refractivity contribution in [2.45, 2.75) is 38.0 Å². The zero-order valence-corrected chi connectivity index (χ0v) is 14.6. The Labute approximate surface area is 144 Å². The molecule has 0 aromatic carbocycles. The zero-order chi connectivity index (χ0) is 16.9. The summed E-state index contributed by atoms with van der Waals surface area (Å²) in [6, 6.07) is 4.50. The van der Waals surface area contributed by atoms with Gasteiger partial charge in [-0.05, 0) is 38.9 Å². The molecule has 3 rings (SSSR count).